The van der Waals surface area contributed by atoms with Crippen LogP contribution in [0.5, 0.6) is 0 Å². The van der Waals surface area contributed by atoms with Gasteiger partial charge in [-0.05, 0) is 31.0 Å². The van der Waals surface area contributed by atoms with Crippen molar-refractivity contribution in [2.45, 2.75) is 26.8 Å². The Bertz CT molecular complexity index is 748. The van der Waals surface area contributed by atoms with E-state index < -0.39 is 0 Å². The van der Waals surface area contributed by atoms with E-state index in [9.17, 15) is 0 Å². The molecule has 0 aliphatic carbocycles. The summed E-state index contributed by atoms with van der Waals surface area (Å²) in [7, 11) is 0. The first-order valence-electron chi connectivity index (χ1n) is 6.36. The number of aromatic nitrogens is 4. The highest BCUT2D eigenvalue weighted by Gasteiger charge is 2.11. The first-order valence-corrected chi connectivity index (χ1v) is 7.55. The first-order chi connectivity index (χ1) is 9.67. The van der Waals surface area contributed by atoms with Gasteiger partial charge in [-0.3, -0.25) is 5.10 Å². The number of thiophene rings is 1. The molecule has 0 bridgehead atoms. The van der Waals surface area contributed by atoms with Gasteiger partial charge in [-0.1, -0.05) is 6.92 Å². The summed E-state index contributed by atoms with van der Waals surface area (Å²) in [4.78, 5) is 10.8. The van der Waals surface area contributed by atoms with Crippen LogP contribution in [0, 0.1) is 6.92 Å². The average molecular weight is 308 g/mol. The van der Waals surface area contributed by atoms with Crippen molar-refractivity contribution in [2.75, 3.05) is 5.32 Å². The van der Waals surface area contributed by atoms with Crippen molar-refractivity contribution in [3.05, 3.63) is 33.7 Å². The molecule has 104 valence electrons. The summed E-state index contributed by atoms with van der Waals surface area (Å²) >= 11 is 7.65. The second-order valence-corrected chi connectivity index (χ2v) is 5.95. The fourth-order valence-corrected chi connectivity index (χ4v) is 3.17. The number of aromatic amines is 1. The predicted octanol–water partition coefficient (Wildman–Crippen LogP) is 3.55. The molecule has 3 heterocycles. The molecule has 7 heteroatoms. The summed E-state index contributed by atoms with van der Waals surface area (Å²) in [6, 6.07) is 2.13. The molecule has 0 radical (unpaired) electrons. The van der Waals surface area contributed by atoms with Crippen molar-refractivity contribution in [3.63, 3.8) is 0 Å². The molecule has 0 aromatic carbocycles. The third kappa shape index (κ3) is 2.48. The Morgan fingerprint density at radius 3 is 2.95 bits per heavy atom. The lowest BCUT2D eigenvalue weighted by Gasteiger charge is -2.06. The topological polar surface area (TPSA) is 66.5 Å². The SMILES string of the molecule is CCc1cc2c(NCc3cn[nH]c3C)nc(Cl)nc2s1. The number of nitrogens with zero attached hydrogens (tertiary/aromatic N) is 3. The van der Waals surface area contributed by atoms with Crippen LogP contribution in [0.15, 0.2) is 12.3 Å². The molecule has 3 rings (SSSR count). The summed E-state index contributed by atoms with van der Waals surface area (Å²) in [5.41, 5.74) is 2.16. The van der Waals surface area contributed by atoms with Crippen LogP contribution >= 0.6 is 22.9 Å². The largest absolute Gasteiger partial charge is 0.365 e. The Kier molecular flexibility index (Phi) is 3.58. The maximum absolute atomic E-state index is 5.99. The van der Waals surface area contributed by atoms with Crippen LogP contribution < -0.4 is 5.32 Å². The van der Waals surface area contributed by atoms with Crippen molar-refractivity contribution in [1.29, 1.82) is 0 Å². The van der Waals surface area contributed by atoms with Crippen molar-refractivity contribution < 1.29 is 0 Å². The van der Waals surface area contributed by atoms with Crippen LogP contribution in [0.1, 0.15) is 23.1 Å². The lowest BCUT2D eigenvalue weighted by molar-refractivity contribution is 1.04. The van der Waals surface area contributed by atoms with Gasteiger partial charge in [0.1, 0.15) is 10.6 Å². The van der Waals surface area contributed by atoms with Gasteiger partial charge in [0.15, 0.2) is 0 Å². The van der Waals surface area contributed by atoms with Crippen molar-refractivity contribution in [1.82, 2.24) is 20.2 Å². The standard InChI is InChI=1S/C13H14ClN5S/c1-3-9-4-10-11(17-13(14)18-12(10)20-9)15-5-8-6-16-19-7(8)2/h4,6H,3,5H2,1-2H3,(H,16,19)(H,15,17,18). The summed E-state index contributed by atoms with van der Waals surface area (Å²) in [6.07, 6.45) is 2.80. The smallest absolute Gasteiger partial charge is 0.225 e. The summed E-state index contributed by atoms with van der Waals surface area (Å²) < 4.78 is 0. The van der Waals surface area contributed by atoms with Gasteiger partial charge >= 0.3 is 0 Å². The number of halogens is 1. The molecule has 0 aliphatic heterocycles. The molecule has 20 heavy (non-hydrogen) atoms. The van der Waals surface area contributed by atoms with E-state index in [0.29, 0.717) is 6.54 Å². The Morgan fingerprint density at radius 2 is 2.25 bits per heavy atom. The van der Waals surface area contributed by atoms with E-state index in [2.05, 4.69) is 38.5 Å². The van der Waals surface area contributed by atoms with Gasteiger partial charge in [0.05, 0.1) is 11.6 Å². The molecule has 0 amide bonds. The molecule has 0 unspecified atom stereocenters. The molecular formula is C13H14ClN5S. The minimum Gasteiger partial charge on any atom is -0.365 e. The highest BCUT2D eigenvalue weighted by atomic mass is 35.5. The van der Waals surface area contributed by atoms with E-state index in [1.165, 1.54) is 4.88 Å². The van der Waals surface area contributed by atoms with Crippen LogP contribution in [-0.2, 0) is 13.0 Å². The van der Waals surface area contributed by atoms with E-state index in [4.69, 9.17) is 11.6 Å². The van der Waals surface area contributed by atoms with Crippen LogP contribution in [0.2, 0.25) is 5.28 Å². The summed E-state index contributed by atoms with van der Waals surface area (Å²) in [6.45, 7) is 4.77. The Labute approximate surface area is 125 Å². The molecule has 0 aliphatic rings. The van der Waals surface area contributed by atoms with E-state index >= 15 is 0 Å². The summed E-state index contributed by atoms with van der Waals surface area (Å²) in [5, 5.41) is 11.5. The maximum Gasteiger partial charge on any atom is 0.225 e. The minimum absolute atomic E-state index is 0.272. The highest BCUT2D eigenvalue weighted by Crippen LogP contribution is 2.30. The van der Waals surface area contributed by atoms with Crippen molar-refractivity contribution in [3.8, 4) is 0 Å². The Balaban J connectivity index is 1.93. The quantitative estimate of drug-likeness (QED) is 0.723. The van der Waals surface area contributed by atoms with Gasteiger partial charge in [0.25, 0.3) is 0 Å². The molecule has 0 fully saturated rings. The number of fused-ring (bicyclic) bond motifs is 1. The van der Waals surface area contributed by atoms with Gasteiger partial charge in [-0.25, -0.2) is 9.97 Å². The first kappa shape index (κ1) is 13.3. The lowest BCUT2D eigenvalue weighted by atomic mass is 10.2. The molecule has 0 spiro atoms. The third-order valence-corrected chi connectivity index (χ3v) is 4.49. The van der Waals surface area contributed by atoms with E-state index in [0.717, 1.165) is 33.7 Å². The second kappa shape index (κ2) is 5.38. The zero-order valence-electron chi connectivity index (χ0n) is 11.2. The van der Waals surface area contributed by atoms with Gasteiger partial charge in [0, 0.05) is 22.7 Å². The molecular weight excluding hydrogens is 294 g/mol. The van der Waals surface area contributed by atoms with E-state index in [1.807, 2.05) is 13.1 Å². The van der Waals surface area contributed by atoms with Gasteiger partial charge in [-0.15, -0.1) is 11.3 Å². The summed E-state index contributed by atoms with van der Waals surface area (Å²) in [5.74, 6) is 0.775. The van der Waals surface area contributed by atoms with Gasteiger partial charge in [-0.2, -0.15) is 5.10 Å². The van der Waals surface area contributed by atoms with Crippen LogP contribution in [0.3, 0.4) is 0 Å². The van der Waals surface area contributed by atoms with Crippen LogP contribution in [-0.4, -0.2) is 20.2 Å². The molecule has 0 saturated carbocycles. The number of nitrogens with one attached hydrogen (secondary N) is 2. The number of aryl methyl sites for hydroxylation is 2. The average Bonchev–Trinajstić information content (AvgIpc) is 3.01. The number of H-pyrrole nitrogens is 1. The normalized spacial score (nSPS) is 11.2. The van der Waals surface area contributed by atoms with Crippen LogP contribution in [0.25, 0.3) is 10.2 Å². The highest BCUT2D eigenvalue weighted by molar-refractivity contribution is 7.18. The zero-order valence-corrected chi connectivity index (χ0v) is 12.8. The third-order valence-electron chi connectivity index (χ3n) is 3.15. The number of hydrogen-bond acceptors (Lipinski definition) is 5. The van der Waals surface area contributed by atoms with Crippen molar-refractivity contribution >= 4 is 39.0 Å². The Hall–Kier alpha value is -1.66. The molecule has 3 aromatic heterocycles. The number of anilines is 1. The molecule has 3 aromatic rings. The maximum atomic E-state index is 5.99. The van der Waals surface area contributed by atoms with Crippen LogP contribution in [0.4, 0.5) is 5.82 Å². The second-order valence-electron chi connectivity index (χ2n) is 4.50. The molecule has 0 atom stereocenters. The minimum atomic E-state index is 0.272. The predicted molar refractivity (Wildman–Crippen MR) is 82.5 cm³/mol. The molecule has 5 nitrogen and oxygen atoms in total. The monoisotopic (exact) mass is 307 g/mol. The molecule has 2 N–H and O–H groups in total. The number of rotatable bonds is 4. The van der Waals surface area contributed by atoms with E-state index in [-0.39, 0.29) is 5.28 Å². The van der Waals surface area contributed by atoms with Gasteiger partial charge < -0.3 is 5.32 Å². The van der Waals surface area contributed by atoms with Gasteiger partial charge in [0.2, 0.25) is 5.28 Å². The fraction of sp³-hybridized carbons (Fsp3) is 0.308. The van der Waals surface area contributed by atoms with Crippen molar-refractivity contribution in [2.24, 2.45) is 0 Å². The van der Waals surface area contributed by atoms with E-state index in [1.54, 1.807) is 11.3 Å². The number of hydrogen-bond donors (Lipinski definition) is 2. The lowest BCUT2D eigenvalue weighted by Crippen LogP contribution is -2.03. The zero-order chi connectivity index (χ0) is 14.1. The Morgan fingerprint density at radius 1 is 1.40 bits per heavy atom. The molecule has 0 saturated heterocycles. The fourth-order valence-electron chi connectivity index (χ4n) is 1.99.